The SMILES string of the molecule is CN1CCN([C@H]2CN(Cc3ccc(Sc4ncccn4)o3)C[C@@H]2O)CC1. The Morgan fingerprint density at radius 2 is 1.92 bits per heavy atom. The first-order chi connectivity index (χ1) is 12.7. The van der Waals surface area contributed by atoms with E-state index in [4.69, 9.17) is 4.42 Å². The lowest BCUT2D eigenvalue weighted by molar-refractivity contribution is 0.0512. The minimum Gasteiger partial charge on any atom is -0.453 e. The highest BCUT2D eigenvalue weighted by molar-refractivity contribution is 7.99. The number of hydrogen-bond donors (Lipinski definition) is 1. The van der Waals surface area contributed by atoms with Gasteiger partial charge < -0.3 is 14.4 Å². The van der Waals surface area contributed by atoms with Crippen molar-refractivity contribution in [3.8, 4) is 0 Å². The first-order valence-electron chi connectivity index (χ1n) is 9.04. The van der Waals surface area contributed by atoms with Crippen LogP contribution in [0.4, 0.5) is 0 Å². The zero-order valence-corrected chi connectivity index (χ0v) is 15.8. The molecule has 0 spiro atoms. The summed E-state index contributed by atoms with van der Waals surface area (Å²) >= 11 is 1.42. The lowest BCUT2D eigenvalue weighted by Gasteiger charge is -2.37. The van der Waals surface area contributed by atoms with Crippen LogP contribution in [0.3, 0.4) is 0 Å². The fraction of sp³-hybridized carbons (Fsp3) is 0.556. The van der Waals surface area contributed by atoms with Gasteiger partial charge in [-0.25, -0.2) is 9.97 Å². The molecular weight excluding hydrogens is 350 g/mol. The van der Waals surface area contributed by atoms with E-state index in [-0.39, 0.29) is 12.1 Å². The van der Waals surface area contributed by atoms with E-state index in [1.54, 1.807) is 18.5 Å². The lowest BCUT2D eigenvalue weighted by atomic mass is 10.1. The molecule has 0 bridgehead atoms. The first-order valence-corrected chi connectivity index (χ1v) is 9.85. The van der Waals surface area contributed by atoms with Crippen LogP contribution in [0, 0.1) is 0 Å². The van der Waals surface area contributed by atoms with Gasteiger partial charge in [0.25, 0.3) is 0 Å². The molecule has 2 aromatic heterocycles. The number of aliphatic hydroxyl groups excluding tert-OH is 1. The van der Waals surface area contributed by atoms with Gasteiger partial charge in [0.2, 0.25) is 0 Å². The molecular formula is C18H25N5O2S. The Kier molecular flexibility index (Phi) is 5.56. The number of nitrogens with zero attached hydrogens (tertiary/aromatic N) is 5. The van der Waals surface area contributed by atoms with Gasteiger partial charge in [-0.15, -0.1) is 0 Å². The van der Waals surface area contributed by atoms with Crippen LogP contribution in [0.25, 0.3) is 0 Å². The number of rotatable bonds is 5. The molecule has 0 aliphatic carbocycles. The highest BCUT2D eigenvalue weighted by Gasteiger charge is 2.36. The summed E-state index contributed by atoms with van der Waals surface area (Å²) in [4.78, 5) is 15.5. The first kappa shape index (κ1) is 17.9. The monoisotopic (exact) mass is 375 g/mol. The molecule has 0 unspecified atom stereocenters. The molecule has 0 radical (unpaired) electrons. The van der Waals surface area contributed by atoms with Gasteiger partial charge >= 0.3 is 0 Å². The fourth-order valence-corrected chi connectivity index (χ4v) is 4.33. The Labute approximate surface area is 158 Å². The van der Waals surface area contributed by atoms with Gasteiger partial charge in [-0.1, -0.05) is 0 Å². The van der Waals surface area contributed by atoms with E-state index in [0.29, 0.717) is 11.7 Å². The molecule has 2 aromatic rings. The van der Waals surface area contributed by atoms with Gasteiger partial charge in [-0.05, 0) is 37.0 Å². The average molecular weight is 375 g/mol. The van der Waals surface area contributed by atoms with Gasteiger partial charge in [0.05, 0.1) is 12.6 Å². The summed E-state index contributed by atoms with van der Waals surface area (Å²) in [5, 5.41) is 12.0. The van der Waals surface area contributed by atoms with E-state index in [0.717, 1.165) is 50.1 Å². The second-order valence-electron chi connectivity index (χ2n) is 7.02. The van der Waals surface area contributed by atoms with Crippen molar-refractivity contribution in [2.75, 3.05) is 46.3 Å². The molecule has 2 aliphatic rings. The number of likely N-dealkylation sites (tertiary alicyclic amines) is 1. The van der Waals surface area contributed by atoms with Crippen molar-refractivity contribution >= 4 is 11.8 Å². The summed E-state index contributed by atoms with van der Waals surface area (Å²) in [6.07, 6.45) is 3.16. The van der Waals surface area contributed by atoms with Crippen LogP contribution in [0.2, 0.25) is 0 Å². The highest BCUT2D eigenvalue weighted by Crippen LogP contribution is 2.27. The largest absolute Gasteiger partial charge is 0.453 e. The Morgan fingerprint density at radius 1 is 1.15 bits per heavy atom. The maximum absolute atomic E-state index is 10.5. The van der Waals surface area contributed by atoms with E-state index in [2.05, 4.69) is 31.7 Å². The molecule has 2 saturated heterocycles. The standard InChI is InChI=1S/C18H25N5O2S/c1-21-7-9-23(10-8-21)15-12-22(13-16(15)24)11-14-3-4-17(25-14)26-18-19-5-2-6-20-18/h2-6,15-16,24H,7-13H2,1H3/t15-,16-/m0/s1. The molecule has 2 fully saturated rings. The van der Waals surface area contributed by atoms with Crippen molar-refractivity contribution in [2.24, 2.45) is 0 Å². The van der Waals surface area contributed by atoms with Gasteiger partial charge in [-0.2, -0.15) is 0 Å². The zero-order chi connectivity index (χ0) is 17.9. The molecule has 0 aromatic carbocycles. The number of hydrogen-bond acceptors (Lipinski definition) is 8. The molecule has 7 nitrogen and oxygen atoms in total. The number of aromatic nitrogens is 2. The van der Waals surface area contributed by atoms with Crippen molar-refractivity contribution in [1.29, 1.82) is 0 Å². The number of likely N-dealkylation sites (N-methyl/N-ethyl adjacent to an activating group) is 1. The van der Waals surface area contributed by atoms with Crippen LogP contribution in [0.15, 0.2) is 45.3 Å². The number of aliphatic hydroxyl groups is 1. The van der Waals surface area contributed by atoms with E-state index in [1.165, 1.54) is 11.8 Å². The van der Waals surface area contributed by atoms with Crippen LogP contribution in [0.1, 0.15) is 5.76 Å². The predicted octanol–water partition coefficient (Wildman–Crippen LogP) is 1.01. The summed E-state index contributed by atoms with van der Waals surface area (Å²) in [6, 6.07) is 5.99. The quantitative estimate of drug-likeness (QED) is 0.777. The third kappa shape index (κ3) is 4.27. The van der Waals surface area contributed by atoms with Crippen LogP contribution >= 0.6 is 11.8 Å². The van der Waals surface area contributed by atoms with Crippen LogP contribution in [-0.2, 0) is 6.54 Å². The topological polar surface area (TPSA) is 68.9 Å². The summed E-state index contributed by atoms with van der Waals surface area (Å²) < 4.78 is 5.92. The van der Waals surface area contributed by atoms with Gasteiger partial charge in [-0.3, -0.25) is 9.80 Å². The van der Waals surface area contributed by atoms with Gasteiger partial charge in [0.15, 0.2) is 10.2 Å². The predicted molar refractivity (Wildman–Crippen MR) is 99.0 cm³/mol. The normalized spacial score (nSPS) is 25.8. The number of β-amino-alcohol motifs (C(OH)–C–C–N with tert-alkyl or cyclic N) is 1. The van der Waals surface area contributed by atoms with E-state index in [1.807, 2.05) is 12.1 Å². The Bertz CT molecular complexity index is 705. The minimum absolute atomic E-state index is 0.227. The molecule has 0 amide bonds. The maximum Gasteiger partial charge on any atom is 0.195 e. The molecule has 2 aliphatic heterocycles. The van der Waals surface area contributed by atoms with Crippen LogP contribution in [0.5, 0.6) is 0 Å². The second-order valence-corrected chi connectivity index (χ2v) is 7.99. The lowest BCUT2D eigenvalue weighted by Crippen LogP contribution is -2.52. The Morgan fingerprint density at radius 3 is 2.69 bits per heavy atom. The van der Waals surface area contributed by atoms with Crippen molar-refractivity contribution in [3.05, 3.63) is 36.4 Å². The summed E-state index contributed by atoms with van der Waals surface area (Å²) in [7, 11) is 2.15. The van der Waals surface area contributed by atoms with Crippen molar-refractivity contribution in [1.82, 2.24) is 24.7 Å². The molecule has 4 heterocycles. The summed E-state index contributed by atoms with van der Waals surface area (Å²) in [5.41, 5.74) is 0. The van der Waals surface area contributed by atoms with Crippen molar-refractivity contribution < 1.29 is 9.52 Å². The van der Waals surface area contributed by atoms with E-state index >= 15 is 0 Å². The molecule has 140 valence electrons. The molecule has 26 heavy (non-hydrogen) atoms. The zero-order valence-electron chi connectivity index (χ0n) is 15.0. The highest BCUT2D eigenvalue weighted by atomic mass is 32.2. The van der Waals surface area contributed by atoms with Gasteiger partial charge in [0.1, 0.15) is 5.76 Å². The Hall–Kier alpha value is -1.45. The molecule has 8 heteroatoms. The van der Waals surface area contributed by atoms with Crippen molar-refractivity contribution in [3.63, 3.8) is 0 Å². The molecule has 2 atom stereocenters. The number of furan rings is 1. The van der Waals surface area contributed by atoms with E-state index in [9.17, 15) is 5.11 Å². The maximum atomic E-state index is 10.5. The summed E-state index contributed by atoms with van der Waals surface area (Å²) in [6.45, 7) is 6.51. The minimum atomic E-state index is -0.292. The average Bonchev–Trinajstić information content (AvgIpc) is 3.23. The van der Waals surface area contributed by atoms with Crippen LogP contribution < -0.4 is 0 Å². The fourth-order valence-electron chi connectivity index (χ4n) is 3.64. The van der Waals surface area contributed by atoms with E-state index < -0.39 is 0 Å². The van der Waals surface area contributed by atoms with Crippen molar-refractivity contribution in [2.45, 2.75) is 28.9 Å². The molecule has 0 saturated carbocycles. The third-order valence-corrected chi connectivity index (χ3v) is 5.91. The molecule has 1 N–H and O–H groups in total. The van der Waals surface area contributed by atoms with Gasteiger partial charge in [0, 0.05) is 57.7 Å². The Balaban J connectivity index is 1.32. The molecule has 4 rings (SSSR count). The second kappa shape index (κ2) is 8.06. The third-order valence-electron chi connectivity index (χ3n) is 5.09. The van der Waals surface area contributed by atoms with Crippen LogP contribution in [-0.4, -0.2) is 88.2 Å². The number of piperazine rings is 1. The smallest absolute Gasteiger partial charge is 0.195 e. The summed E-state index contributed by atoms with van der Waals surface area (Å²) in [5.74, 6) is 0.912.